The van der Waals surface area contributed by atoms with E-state index in [1.807, 2.05) is 0 Å². The SMILES string of the molecule is O=C(O)C[C@@H]1CCCN(C(=O)COc2ccc(Cl)cc2)CC1. The first-order chi connectivity index (χ1) is 10.5. The number of ether oxygens (including phenoxy) is 1. The van der Waals surface area contributed by atoms with Crippen molar-refractivity contribution in [1.29, 1.82) is 0 Å². The molecule has 0 aromatic heterocycles. The second kappa shape index (κ2) is 8.03. The largest absolute Gasteiger partial charge is 0.484 e. The standard InChI is InChI=1S/C16H20ClNO4/c17-13-3-5-14(6-4-13)22-11-15(19)18-8-1-2-12(7-9-18)10-16(20)21/h3-6,12H,1-2,7-11H2,(H,20,21)/t12-/m1/s1. The van der Waals surface area contributed by atoms with Crippen LogP contribution in [0.15, 0.2) is 24.3 Å². The highest BCUT2D eigenvalue weighted by atomic mass is 35.5. The van der Waals surface area contributed by atoms with Crippen LogP contribution in [0.25, 0.3) is 0 Å². The molecule has 22 heavy (non-hydrogen) atoms. The Bertz CT molecular complexity index is 517. The van der Waals surface area contributed by atoms with Crippen LogP contribution < -0.4 is 4.74 Å². The molecule has 0 spiro atoms. The quantitative estimate of drug-likeness (QED) is 0.904. The zero-order chi connectivity index (χ0) is 15.9. The van der Waals surface area contributed by atoms with E-state index in [9.17, 15) is 9.59 Å². The number of rotatable bonds is 5. The van der Waals surface area contributed by atoms with Gasteiger partial charge in [-0.15, -0.1) is 0 Å². The molecule has 0 radical (unpaired) electrons. The van der Waals surface area contributed by atoms with Crippen molar-refractivity contribution in [1.82, 2.24) is 4.90 Å². The molecule has 1 aliphatic rings. The molecule has 0 unspecified atom stereocenters. The smallest absolute Gasteiger partial charge is 0.303 e. The third-order valence-electron chi connectivity index (χ3n) is 3.84. The van der Waals surface area contributed by atoms with E-state index >= 15 is 0 Å². The summed E-state index contributed by atoms with van der Waals surface area (Å²) < 4.78 is 5.46. The van der Waals surface area contributed by atoms with E-state index in [4.69, 9.17) is 21.4 Å². The zero-order valence-corrected chi connectivity index (χ0v) is 13.1. The van der Waals surface area contributed by atoms with Crippen LogP contribution in [0.1, 0.15) is 25.7 Å². The molecule has 1 aliphatic heterocycles. The molecule has 6 heteroatoms. The number of hydrogen-bond acceptors (Lipinski definition) is 3. The average molecular weight is 326 g/mol. The monoisotopic (exact) mass is 325 g/mol. The predicted octanol–water partition coefficient (Wildman–Crippen LogP) is 2.82. The first kappa shape index (κ1) is 16.6. The molecule has 2 rings (SSSR count). The van der Waals surface area contributed by atoms with Crippen LogP contribution in [0.2, 0.25) is 5.02 Å². The number of halogens is 1. The summed E-state index contributed by atoms with van der Waals surface area (Å²) in [6.07, 6.45) is 2.61. The molecule has 120 valence electrons. The van der Waals surface area contributed by atoms with E-state index in [1.54, 1.807) is 29.2 Å². The Morgan fingerprint density at radius 1 is 1.23 bits per heavy atom. The Kier molecular flexibility index (Phi) is 6.07. The van der Waals surface area contributed by atoms with E-state index < -0.39 is 5.97 Å². The predicted molar refractivity (Wildman–Crippen MR) is 83.1 cm³/mol. The van der Waals surface area contributed by atoms with Gasteiger partial charge in [0.05, 0.1) is 0 Å². The normalized spacial score (nSPS) is 18.6. The second-order valence-corrected chi connectivity index (χ2v) is 5.95. The molecular weight excluding hydrogens is 306 g/mol. The number of amides is 1. The van der Waals surface area contributed by atoms with Crippen LogP contribution in [0.3, 0.4) is 0 Å². The van der Waals surface area contributed by atoms with Crippen LogP contribution in [0.4, 0.5) is 0 Å². The minimum Gasteiger partial charge on any atom is -0.484 e. The van der Waals surface area contributed by atoms with Gasteiger partial charge in [0.2, 0.25) is 0 Å². The third kappa shape index (κ3) is 5.22. The highest BCUT2D eigenvalue weighted by Gasteiger charge is 2.22. The molecule has 1 fully saturated rings. The Morgan fingerprint density at radius 3 is 2.64 bits per heavy atom. The van der Waals surface area contributed by atoms with E-state index in [1.165, 1.54) is 0 Å². The first-order valence-corrected chi connectivity index (χ1v) is 7.80. The van der Waals surface area contributed by atoms with Crippen LogP contribution in [-0.4, -0.2) is 41.6 Å². The van der Waals surface area contributed by atoms with Crippen molar-refractivity contribution in [3.8, 4) is 5.75 Å². The second-order valence-electron chi connectivity index (χ2n) is 5.52. The summed E-state index contributed by atoms with van der Waals surface area (Å²) in [7, 11) is 0. The lowest BCUT2D eigenvalue weighted by molar-refractivity contribution is -0.138. The summed E-state index contributed by atoms with van der Waals surface area (Å²) in [5, 5.41) is 9.47. The number of nitrogens with zero attached hydrogens (tertiary/aromatic N) is 1. The number of carboxylic acids is 1. The van der Waals surface area contributed by atoms with Gasteiger partial charge in [-0.2, -0.15) is 0 Å². The summed E-state index contributed by atoms with van der Waals surface area (Å²) in [5.74, 6) is -0.0643. The van der Waals surface area contributed by atoms with Crippen molar-refractivity contribution >= 4 is 23.5 Å². The molecule has 1 aromatic rings. The molecule has 1 saturated heterocycles. The van der Waals surface area contributed by atoms with Crippen molar-refractivity contribution < 1.29 is 19.4 Å². The highest BCUT2D eigenvalue weighted by molar-refractivity contribution is 6.30. The number of carbonyl (C=O) groups is 2. The fourth-order valence-corrected chi connectivity index (χ4v) is 2.76. The minimum atomic E-state index is -0.768. The Labute approximate surface area is 134 Å². The topological polar surface area (TPSA) is 66.8 Å². The fraction of sp³-hybridized carbons (Fsp3) is 0.500. The van der Waals surface area contributed by atoms with Gasteiger partial charge in [0, 0.05) is 24.5 Å². The van der Waals surface area contributed by atoms with Gasteiger partial charge >= 0.3 is 5.97 Å². The van der Waals surface area contributed by atoms with Crippen molar-refractivity contribution in [3.63, 3.8) is 0 Å². The average Bonchev–Trinajstić information content (AvgIpc) is 2.71. The maximum atomic E-state index is 12.2. The molecule has 1 N–H and O–H groups in total. The van der Waals surface area contributed by atoms with E-state index in [-0.39, 0.29) is 24.9 Å². The lowest BCUT2D eigenvalue weighted by atomic mass is 9.97. The van der Waals surface area contributed by atoms with E-state index in [0.29, 0.717) is 23.9 Å². The molecule has 1 heterocycles. The van der Waals surface area contributed by atoms with E-state index in [0.717, 1.165) is 19.3 Å². The minimum absolute atomic E-state index is 0.00870. The number of carbonyl (C=O) groups excluding carboxylic acids is 1. The molecular formula is C16H20ClNO4. The molecule has 1 aromatic carbocycles. The molecule has 0 aliphatic carbocycles. The maximum Gasteiger partial charge on any atom is 0.303 e. The molecule has 0 saturated carbocycles. The van der Waals surface area contributed by atoms with Gasteiger partial charge in [-0.1, -0.05) is 11.6 Å². The van der Waals surface area contributed by atoms with E-state index in [2.05, 4.69) is 0 Å². The summed E-state index contributed by atoms with van der Waals surface area (Å²) in [5.41, 5.74) is 0. The number of benzene rings is 1. The highest BCUT2D eigenvalue weighted by Crippen LogP contribution is 2.21. The van der Waals surface area contributed by atoms with Gasteiger partial charge in [-0.05, 0) is 49.4 Å². The molecule has 0 bridgehead atoms. The van der Waals surface area contributed by atoms with Gasteiger partial charge in [-0.3, -0.25) is 9.59 Å². The number of aliphatic carboxylic acids is 1. The van der Waals surface area contributed by atoms with Crippen LogP contribution in [0, 0.1) is 5.92 Å². The third-order valence-corrected chi connectivity index (χ3v) is 4.09. The van der Waals surface area contributed by atoms with Crippen molar-refractivity contribution in [2.24, 2.45) is 5.92 Å². The van der Waals surface area contributed by atoms with Gasteiger partial charge in [0.1, 0.15) is 5.75 Å². The zero-order valence-electron chi connectivity index (χ0n) is 12.3. The fourth-order valence-electron chi connectivity index (χ4n) is 2.63. The summed E-state index contributed by atoms with van der Waals surface area (Å²) in [6.45, 7) is 1.25. The summed E-state index contributed by atoms with van der Waals surface area (Å²) >= 11 is 5.79. The molecule has 5 nitrogen and oxygen atoms in total. The number of likely N-dealkylation sites (tertiary alicyclic amines) is 1. The molecule has 1 atom stereocenters. The van der Waals surface area contributed by atoms with Gasteiger partial charge < -0.3 is 14.7 Å². The summed E-state index contributed by atoms with van der Waals surface area (Å²) in [4.78, 5) is 24.7. The van der Waals surface area contributed by atoms with Gasteiger partial charge in [-0.25, -0.2) is 0 Å². The number of carboxylic acid groups (broad SMARTS) is 1. The number of hydrogen-bond donors (Lipinski definition) is 1. The van der Waals surface area contributed by atoms with Gasteiger partial charge in [0.15, 0.2) is 6.61 Å². The first-order valence-electron chi connectivity index (χ1n) is 7.42. The van der Waals surface area contributed by atoms with Crippen LogP contribution >= 0.6 is 11.6 Å². The van der Waals surface area contributed by atoms with Gasteiger partial charge in [0.25, 0.3) is 5.91 Å². The Hall–Kier alpha value is -1.75. The van der Waals surface area contributed by atoms with Crippen LogP contribution in [0.5, 0.6) is 5.75 Å². The van der Waals surface area contributed by atoms with Crippen LogP contribution in [-0.2, 0) is 9.59 Å². The van der Waals surface area contributed by atoms with Crippen molar-refractivity contribution in [2.75, 3.05) is 19.7 Å². The van der Waals surface area contributed by atoms with Crippen molar-refractivity contribution in [2.45, 2.75) is 25.7 Å². The molecule has 1 amide bonds. The van der Waals surface area contributed by atoms with Crippen molar-refractivity contribution in [3.05, 3.63) is 29.3 Å². The lowest BCUT2D eigenvalue weighted by Gasteiger charge is -2.20. The Balaban J connectivity index is 1.79. The Morgan fingerprint density at radius 2 is 1.95 bits per heavy atom. The lowest BCUT2D eigenvalue weighted by Crippen LogP contribution is -2.35. The summed E-state index contributed by atoms with van der Waals surface area (Å²) in [6, 6.07) is 6.87. The maximum absolute atomic E-state index is 12.2.